The number of aliphatic imine (C=N–C) groups is 1. The summed E-state index contributed by atoms with van der Waals surface area (Å²) in [6.07, 6.45) is 2.78. The van der Waals surface area contributed by atoms with Crippen molar-refractivity contribution in [1.29, 1.82) is 0 Å². The Labute approximate surface area is 99.9 Å². The van der Waals surface area contributed by atoms with Crippen molar-refractivity contribution in [3.8, 4) is 0 Å². The van der Waals surface area contributed by atoms with Gasteiger partial charge in [0.25, 0.3) is 0 Å². The molecular formula is C9H11N2NaO. The van der Waals surface area contributed by atoms with Crippen LogP contribution in [0.4, 0.5) is 0 Å². The van der Waals surface area contributed by atoms with Crippen LogP contribution >= 0.6 is 0 Å². The Morgan fingerprint density at radius 1 is 1.69 bits per heavy atom. The van der Waals surface area contributed by atoms with E-state index in [1.165, 1.54) is 0 Å². The van der Waals surface area contributed by atoms with Crippen LogP contribution in [0.1, 0.15) is 19.0 Å². The minimum Gasteiger partial charge on any atom is -0.660 e. The van der Waals surface area contributed by atoms with Crippen LogP contribution in [0.2, 0.25) is 0 Å². The quantitative estimate of drug-likeness (QED) is 0.511. The average Bonchev–Trinajstić information content (AvgIpc) is 2.75. The van der Waals surface area contributed by atoms with Crippen LogP contribution in [0.3, 0.4) is 0 Å². The van der Waals surface area contributed by atoms with Gasteiger partial charge in [0.2, 0.25) is 0 Å². The van der Waals surface area contributed by atoms with Crippen LogP contribution < -0.4 is 34.5 Å². The van der Waals surface area contributed by atoms with E-state index in [4.69, 9.17) is 4.74 Å². The number of hydrogen-bond acceptors (Lipinski definition) is 2. The summed E-state index contributed by atoms with van der Waals surface area (Å²) in [5, 5.41) is 0. The molecule has 64 valence electrons. The van der Waals surface area contributed by atoms with Crippen molar-refractivity contribution >= 4 is 5.90 Å². The van der Waals surface area contributed by atoms with Gasteiger partial charge in [0.05, 0.1) is 6.04 Å². The van der Waals surface area contributed by atoms with Gasteiger partial charge < -0.3 is 9.72 Å². The minimum atomic E-state index is 0. The first-order chi connectivity index (χ1) is 5.90. The molecule has 1 aliphatic heterocycles. The van der Waals surface area contributed by atoms with Crippen molar-refractivity contribution < 1.29 is 34.3 Å². The molecule has 0 N–H and O–H groups in total. The van der Waals surface area contributed by atoms with Gasteiger partial charge in [-0.25, -0.2) is 4.99 Å². The maximum absolute atomic E-state index is 5.39. The first kappa shape index (κ1) is 10.8. The molecule has 0 aliphatic carbocycles. The van der Waals surface area contributed by atoms with Gasteiger partial charge in [-0.2, -0.15) is 6.20 Å². The Morgan fingerprint density at radius 2 is 2.54 bits per heavy atom. The fraction of sp³-hybridized carbons (Fsp3) is 0.444. The number of hydrogen-bond donors (Lipinski definition) is 0. The number of nitrogens with zero attached hydrogens (tertiary/aromatic N) is 2. The van der Waals surface area contributed by atoms with Crippen molar-refractivity contribution in [2.24, 2.45) is 4.99 Å². The largest absolute Gasteiger partial charge is 1.00 e. The Balaban J connectivity index is 0.000000845. The predicted octanol–water partition coefficient (Wildman–Crippen LogP) is -1.80. The van der Waals surface area contributed by atoms with Gasteiger partial charge in [-0.05, 0) is 6.42 Å². The summed E-state index contributed by atoms with van der Waals surface area (Å²) < 4.78 is 5.39. The SMILES string of the molecule is CC[C@H]1COC(c2ccc[n-]2)=N1.[Na+]. The van der Waals surface area contributed by atoms with E-state index in [1.54, 1.807) is 6.20 Å². The van der Waals surface area contributed by atoms with Crippen LogP contribution in [0.5, 0.6) is 0 Å². The van der Waals surface area contributed by atoms with Gasteiger partial charge in [0, 0.05) is 0 Å². The molecule has 0 fully saturated rings. The molecule has 0 bridgehead atoms. The van der Waals surface area contributed by atoms with E-state index < -0.39 is 0 Å². The summed E-state index contributed by atoms with van der Waals surface area (Å²) in [5.41, 5.74) is 0.853. The van der Waals surface area contributed by atoms with Crippen molar-refractivity contribution in [3.63, 3.8) is 0 Å². The number of rotatable bonds is 2. The van der Waals surface area contributed by atoms with Gasteiger partial charge in [0.15, 0.2) is 5.90 Å². The second-order valence-electron chi connectivity index (χ2n) is 2.83. The maximum Gasteiger partial charge on any atom is 1.00 e. The Kier molecular flexibility index (Phi) is 4.03. The molecule has 3 nitrogen and oxygen atoms in total. The summed E-state index contributed by atoms with van der Waals surface area (Å²) in [6.45, 7) is 2.82. The molecule has 0 unspecified atom stereocenters. The summed E-state index contributed by atoms with van der Waals surface area (Å²) in [6, 6.07) is 4.13. The van der Waals surface area contributed by atoms with E-state index in [0.717, 1.165) is 12.1 Å². The summed E-state index contributed by atoms with van der Waals surface area (Å²) in [7, 11) is 0. The maximum atomic E-state index is 5.39. The topological polar surface area (TPSA) is 35.7 Å². The van der Waals surface area contributed by atoms with E-state index in [9.17, 15) is 0 Å². The molecule has 1 aliphatic rings. The van der Waals surface area contributed by atoms with Gasteiger partial charge in [0.1, 0.15) is 6.61 Å². The molecule has 2 heterocycles. The second-order valence-corrected chi connectivity index (χ2v) is 2.83. The molecule has 1 aromatic heterocycles. The molecular weight excluding hydrogens is 175 g/mol. The van der Waals surface area contributed by atoms with Crippen molar-refractivity contribution in [3.05, 3.63) is 24.0 Å². The van der Waals surface area contributed by atoms with Crippen LogP contribution in [0, 0.1) is 0 Å². The summed E-state index contributed by atoms with van der Waals surface area (Å²) in [5.74, 6) is 0.701. The van der Waals surface area contributed by atoms with Gasteiger partial charge >= 0.3 is 29.6 Å². The predicted molar refractivity (Wildman–Crippen MR) is 46.3 cm³/mol. The average molecular weight is 186 g/mol. The zero-order valence-corrected chi connectivity index (χ0v) is 10.0. The Hall–Kier alpha value is -0.250. The van der Waals surface area contributed by atoms with Crippen molar-refractivity contribution in [2.45, 2.75) is 19.4 Å². The van der Waals surface area contributed by atoms with Gasteiger partial charge in [-0.1, -0.05) is 24.8 Å². The van der Waals surface area contributed by atoms with Crippen LogP contribution in [-0.2, 0) is 4.74 Å². The first-order valence-corrected chi connectivity index (χ1v) is 4.19. The van der Waals surface area contributed by atoms with Crippen LogP contribution in [0.25, 0.3) is 0 Å². The zero-order valence-electron chi connectivity index (χ0n) is 8.03. The van der Waals surface area contributed by atoms with E-state index >= 15 is 0 Å². The van der Waals surface area contributed by atoms with E-state index in [0.29, 0.717) is 18.5 Å². The fourth-order valence-electron chi connectivity index (χ4n) is 1.19. The van der Waals surface area contributed by atoms with E-state index in [1.807, 2.05) is 12.1 Å². The summed E-state index contributed by atoms with van der Waals surface area (Å²) >= 11 is 0. The van der Waals surface area contributed by atoms with Gasteiger partial charge in [-0.15, -0.1) is 0 Å². The van der Waals surface area contributed by atoms with E-state index in [-0.39, 0.29) is 29.6 Å². The Bertz CT molecular complexity index is 282. The molecule has 0 saturated carbocycles. The monoisotopic (exact) mass is 186 g/mol. The second kappa shape index (κ2) is 4.84. The third-order valence-corrected chi connectivity index (χ3v) is 1.96. The first-order valence-electron chi connectivity index (χ1n) is 4.19. The molecule has 1 aromatic rings. The molecule has 0 saturated heterocycles. The van der Waals surface area contributed by atoms with Crippen molar-refractivity contribution in [1.82, 2.24) is 4.98 Å². The summed E-state index contributed by atoms with van der Waals surface area (Å²) in [4.78, 5) is 8.49. The molecule has 0 aromatic carbocycles. The standard InChI is InChI=1S/C9H11N2O.Na/c1-2-7-6-12-9(11-7)8-4-3-5-10-8;/h3-5,7H,2,6H2,1H3;/q-1;+1/t7-;/m0./s1. The number of ether oxygens (including phenoxy) is 1. The molecule has 1 atom stereocenters. The molecule has 4 heteroatoms. The minimum absolute atomic E-state index is 0. The third-order valence-electron chi connectivity index (χ3n) is 1.96. The number of aromatic nitrogens is 1. The fourth-order valence-corrected chi connectivity index (χ4v) is 1.19. The van der Waals surface area contributed by atoms with Crippen LogP contribution in [-0.4, -0.2) is 18.5 Å². The normalized spacial score (nSPS) is 20.4. The van der Waals surface area contributed by atoms with E-state index in [2.05, 4.69) is 16.9 Å². The molecule has 13 heavy (non-hydrogen) atoms. The molecule has 2 rings (SSSR count). The molecule has 0 radical (unpaired) electrons. The Morgan fingerprint density at radius 3 is 3.08 bits per heavy atom. The van der Waals surface area contributed by atoms with Crippen LogP contribution in [0.15, 0.2) is 23.3 Å². The molecule has 0 spiro atoms. The smallest absolute Gasteiger partial charge is 0.660 e. The zero-order chi connectivity index (χ0) is 8.39. The van der Waals surface area contributed by atoms with Crippen molar-refractivity contribution in [2.75, 3.05) is 6.61 Å². The molecule has 0 amide bonds. The third kappa shape index (κ3) is 2.36. The van der Waals surface area contributed by atoms with Gasteiger partial charge in [-0.3, -0.25) is 0 Å².